The fourth-order valence-electron chi connectivity index (χ4n) is 2.97. The second-order valence-corrected chi connectivity index (χ2v) is 6.26. The van der Waals surface area contributed by atoms with Crippen molar-refractivity contribution in [3.8, 4) is 5.75 Å². The molecule has 1 unspecified atom stereocenters. The molecule has 3 nitrogen and oxygen atoms in total. The molecule has 1 aliphatic carbocycles. The molecular weight excluding hydrogens is 305 g/mol. The molecule has 4 heteroatoms. The lowest BCUT2D eigenvalue weighted by molar-refractivity contribution is -0.123. The van der Waals surface area contributed by atoms with Gasteiger partial charge in [-0.15, -0.1) is 0 Å². The lowest BCUT2D eigenvalue weighted by Gasteiger charge is -2.17. The minimum absolute atomic E-state index is 0.0395. The van der Waals surface area contributed by atoms with E-state index in [4.69, 9.17) is 4.74 Å². The molecule has 0 aliphatic heterocycles. The first-order valence-corrected chi connectivity index (χ1v) is 8.33. The molecule has 2 aromatic rings. The summed E-state index contributed by atoms with van der Waals surface area (Å²) in [6.45, 7) is 0.593. The quantitative estimate of drug-likeness (QED) is 0.842. The van der Waals surface area contributed by atoms with Gasteiger partial charge in [-0.05, 0) is 60.6 Å². The van der Waals surface area contributed by atoms with Crippen LogP contribution in [-0.4, -0.2) is 19.6 Å². The van der Waals surface area contributed by atoms with E-state index < -0.39 is 0 Å². The Morgan fingerprint density at radius 1 is 1.17 bits per heavy atom. The fraction of sp³-hybridized carbons (Fsp3) is 0.350. The van der Waals surface area contributed by atoms with E-state index in [2.05, 4.69) is 5.32 Å². The lowest BCUT2D eigenvalue weighted by atomic mass is 9.93. The first kappa shape index (κ1) is 16.5. The zero-order valence-corrected chi connectivity index (χ0v) is 13.8. The molecule has 126 valence electrons. The second kappa shape index (κ2) is 7.47. The van der Waals surface area contributed by atoms with Crippen molar-refractivity contribution < 1.29 is 13.9 Å². The predicted molar refractivity (Wildman–Crippen MR) is 91.6 cm³/mol. The van der Waals surface area contributed by atoms with Gasteiger partial charge < -0.3 is 10.1 Å². The van der Waals surface area contributed by atoms with Gasteiger partial charge in [0.2, 0.25) is 5.91 Å². The summed E-state index contributed by atoms with van der Waals surface area (Å²) < 4.78 is 18.2. The highest BCUT2D eigenvalue weighted by Gasteiger charge is 2.37. The number of rotatable bonds is 7. The number of hydrogen-bond donors (Lipinski definition) is 1. The summed E-state index contributed by atoms with van der Waals surface area (Å²) in [5, 5.41) is 3.03. The predicted octanol–water partition coefficient (Wildman–Crippen LogP) is 3.69. The van der Waals surface area contributed by atoms with Crippen LogP contribution in [0.2, 0.25) is 0 Å². The van der Waals surface area contributed by atoms with Gasteiger partial charge in [0.15, 0.2) is 0 Å². The van der Waals surface area contributed by atoms with Crippen LogP contribution < -0.4 is 10.1 Å². The number of halogens is 1. The van der Waals surface area contributed by atoms with Gasteiger partial charge in [0, 0.05) is 6.54 Å². The highest BCUT2D eigenvalue weighted by atomic mass is 19.1. The SMILES string of the molecule is COc1ccc(CCNC(=O)C(c2ccc(F)cc2)C2CC2)cc1. The smallest absolute Gasteiger partial charge is 0.227 e. The zero-order valence-electron chi connectivity index (χ0n) is 13.8. The lowest BCUT2D eigenvalue weighted by Crippen LogP contribution is -2.32. The first-order valence-electron chi connectivity index (χ1n) is 8.33. The Bertz CT molecular complexity index is 678. The van der Waals surface area contributed by atoms with Crippen molar-refractivity contribution in [3.05, 3.63) is 65.5 Å². The van der Waals surface area contributed by atoms with E-state index in [0.717, 1.165) is 36.1 Å². The van der Waals surface area contributed by atoms with Crippen molar-refractivity contribution in [3.63, 3.8) is 0 Å². The average Bonchev–Trinajstić information content (AvgIpc) is 3.42. The van der Waals surface area contributed by atoms with Gasteiger partial charge >= 0.3 is 0 Å². The van der Waals surface area contributed by atoms with E-state index in [9.17, 15) is 9.18 Å². The van der Waals surface area contributed by atoms with E-state index in [-0.39, 0.29) is 17.6 Å². The summed E-state index contributed by atoms with van der Waals surface area (Å²) in [5.41, 5.74) is 2.06. The van der Waals surface area contributed by atoms with E-state index in [1.807, 2.05) is 24.3 Å². The Morgan fingerprint density at radius 2 is 1.83 bits per heavy atom. The van der Waals surface area contributed by atoms with Gasteiger partial charge in [0.25, 0.3) is 0 Å². The first-order chi connectivity index (χ1) is 11.7. The van der Waals surface area contributed by atoms with Gasteiger partial charge in [-0.1, -0.05) is 24.3 Å². The Balaban J connectivity index is 1.56. The number of carbonyl (C=O) groups is 1. The molecule has 24 heavy (non-hydrogen) atoms. The molecule has 0 aromatic heterocycles. The molecule has 0 bridgehead atoms. The molecular formula is C20H22FNO2. The summed E-state index contributed by atoms with van der Waals surface area (Å²) in [6.07, 6.45) is 2.90. The average molecular weight is 327 g/mol. The highest BCUT2D eigenvalue weighted by molar-refractivity contribution is 5.84. The molecule has 0 radical (unpaired) electrons. The standard InChI is InChI=1S/C20H22FNO2/c1-24-18-10-2-14(3-11-18)12-13-22-20(23)19(15-4-5-15)16-6-8-17(21)9-7-16/h2-3,6-11,15,19H,4-5,12-13H2,1H3,(H,22,23). The normalized spacial score (nSPS) is 14.9. The Kier molecular flexibility index (Phi) is 5.14. The monoisotopic (exact) mass is 327 g/mol. The summed E-state index contributed by atoms with van der Waals surface area (Å²) >= 11 is 0. The van der Waals surface area contributed by atoms with Crippen LogP contribution in [-0.2, 0) is 11.2 Å². The third-order valence-electron chi connectivity index (χ3n) is 4.48. The van der Waals surface area contributed by atoms with Crippen LogP contribution in [0.5, 0.6) is 5.75 Å². The molecule has 1 atom stereocenters. The summed E-state index contributed by atoms with van der Waals surface area (Å²) in [5.74, 6) is 0.816. The maximum atomic E-state index is 13.1. The number of hydrogen-bond acceptors (Lipinski definition) is 2. The second-order valence-electron chi connectivity index (χ2n) is 6.26. The van der Waals surface area contributed by atoms with Gasteiger partial charge in [-0.25, -0.2) is 4.39 Å². The van der Waals surface area contributed by atoms with Gasteiger partial charge in [-0.2, -0.15) is 0 Å². The van der Waals surface area contributed by atoms with Crippen molar-refractivity contribution in [1.82, 2.24) is 5.32 Å². The van der Waals surface area contributed by atoms with Gasteiger partial charge in [0.05, 0.1) is 13.0 Å². The molecule has 1 saturated carbocycles. The third-order valence-corrected chi connectivity index (χ3v) is 4.48. The maximum absolute atomic E-state index is 13.1. The Labute approximate surface area is 141 Å². The number of ether oxygens (including phenoxy) is 1. The third kappa shape index (κ3) is 4.13. The molecule has 0 heterocycles. The minimum Gasteiger partial charge on any atom is -0.497 e. The number of carbonyl (C=O) groups excluding carboxylic acids is 1. The van der Waals surface area contributed by atoms with Crippen LogP contribution in [0.15, 0.2) is 48.5 Å². The summed E-state index contributed by atoms with van der Waals surface area (Å²) in [6, 6.07) is 14.1. The van der Waals surface area contributed by atoms with E-state index >= 15 is 0 Å². The van der Waals surface area contributed by atoms with Crippen LogP contribution in [0.1, 0.15) is 29.9 Å². The van der Waals surface area contributed by atoms with Crippen LogP contribution in [0, 0.1) is 11.7 Å². The highest BCUT2D eigenvalue weighted by Crippen LogP contribution is 2.42. The van der Waals surface area contributed by atoms with Crippen LogP contribution >= 0.6 is 0 Å². The van der Waals surface area contributed by atoms with Crippen LogP contribution in [0.25, 0.3) is 0 Å². The van der Waals surface area contributed by atoms with Crippen molar-refractivity contribution in [2.24, 2.45) is 5.92 Å². The number of benzene rings is 2. The van der Waals surface area contributed by atoms with E-state index in [0.29, 0.717) is 12.5 Å². The summed E-state index contributed by atoms with van der Waals surface area (Å²) in [4.78, 5) is 12.6. The maximum Gasteiger partial charge on any atom is 0.227 e. The van der Waals surface area contributed by atoms with Crippen LogP contribution in [0.3, 0.4) is 0 Å². The number of methoxy groups -OCH3 is 1. The van der Waals surface area contributed by atoms with Gasteiger partial charge in [-0.3, -0.25) is 4.79 Å². The number of nitrogens with one attached hydrogen (secondary N) is 1. The molecule has 1 N–H and O–H groups in total. The zero-order chi connectivity index (χ0) is 16.9. The minimum atomic E-state index is -0.270. The molecule has 0 saturated heterocycles. The molecule has 1 amide bonds. The number of amides is 1. The fourth-order valence-corrected chi connectivity index (χ4v) is 2.97. The van der Waals surface area contributed by atoms with E-state index in [1.54, 1.807) is 19.2 Å². The van der Waals surface area contributed by atoms with Crippen molar-refractivity contribution >= 4 is 5.91 Å². The van der Waals surface area contributed by atoms with Gasteiger partial charge in [0.1, 0.15) is 11.6 Å². The molecule has 1 aliphatic rings. The molecule has 3 rings (SSSR count). The summed E-state index contributed by atoms with van der Waals surface area (Å²) in [7, 11) is 1.64. The van der Waals surface area contributed by atoms with Crippen molar-refractivity contribution in [2.75, 3.05) is 13.7 Å². The molecule has 2 aromatic carbocycles. The van der Waals surface area contributed by atoms with Crippen molar-refractivity contribution in [2.45, 2.75) is 25.2 Å². The molecule has 0 spiro atoms. The topological polar surface area (TPSA) is 38.3 Å². The van der Waals surface area contributed by atoms with Crippen LogP contribution in [0.4, 0.5) is 4.39 Å². The Morgan fingerprint density at radius 3 is 2.42 bits per heavy atom. The van der Waals surface area contributed by atoms with Crippen molar-refractivity contribution in [1.29, 1.82) is 0 Å². The molecule has 1 fully saturated rings. The largest absolute Gasteiger partial charge is 0.497 e. The Hall–Kier alpha value is -2.36. The van der Waals surface area contributed by atoms with E-state index in [1.165, 1.54) is 12.1 Å².